The molecule has 1 fully saturated rings. The number of carbonyl (C=O) groups excluding carboxylic acids is 1. The average Bonchev–Trinajstić information content (AvgIpc) is 2.99. The number of nitrogens with zero attached hydrogens (tertiary/aromatic N) is 2. The molecule has 0 aliphatic carbocycles. The minimum Gasteiger partial charge on any atom is -0.489 e. The van der Waals surface area contributed by atoms with Gasteiger partial charge in [-0.25, -0.2) is 4.39 Å². The molecule has 2 N–H and O–H groups in total. The van der Waals surface area contributed by atoms with Crippen LogP contribution in [0.1, 0.15) is 25.7 Å². The number of oxime groups is 1. The van der Waals surface area contributed by atoms with Crippen LogP contribution in [0.2, 0.25) is 0 Å². The van der Waals surface area contributed by atoms with Crippen molar-refractivity contribution in [1.29, 1.82) is 0 Å². The Kier molecular flexibility index (Phi) is 5.23. The summed E-state index contributed by atoms with van der Waals surface area (Å²) < 4.78 is 20.0. The van der Waals surface area contributed by atoms with E-state index in [1.54, 1.807) is 6.07 Å². The third-order valence-electron chi connectivity index (χ3n) is 4.14. The molecule has 0 saturated carbocycles. The van der Waals surface area contributed by atoms with Gasteiger partial charge in [0.2, 0.25) is 5.91 Å². The van der Waals surface area contributed by atoms with Crippen LogP contribution < -0.4 is 10.5 Å². The zero-order valence-electron chi connectivity index (χ0n) is 13.1. The van der Waals surface area contributed by atoms with Crippen LogP contribution in [0.4, 0.5) is 4.39 Å². The van der Waals surface area contributed by atoms with Gasteiger partial charge in [-0.15, -0.1) is 0 Å². The number of amides is 1. The number of rotatable bonds is 4. The molecule has 24 heavy (non-hydrogen) atoms. The molecule has 1 unspecified atom stereocenters. The molecule has 1 saturated heterocycles. The lowest BCUT2D eigenvalue weighted by atomic mass is 10.1. The van der Waals surface area contributed by atoms with Gasteiger partial charge in [0.05, 0.1) is 10.9 Å². The predicted molar refractivity (Wildman–Crippen MR) is 90.1 cm³/mol. The average molecular weight is 400 g/mol. The van der Waals surface area contributed by atoms with Crippen LogP contribution in [0.3, 0.4) is 0 Å². The van der Waals surface area contributed by atoms with Crippen molar-refractivity contribution in [1.82, 2.24) is 4.90 Å². The van der Waals surface area contributed by atoms with Crippen molar-refractivity contribution in [2.75, 3.05) is 13.1 Å². The number of hydrogen-bond donors (Lipinski definition) is 1. The number of halogens is 2. The first-order valence-corrected chi connectivity index (χ1v) is 8.68. The number of primary amides is 1. The quantitative estimate of drug-likeness (QED) is 0.842. The summed E-state index contributed by atoms with van der Waals surface area (Å²) in [4.78, 5) is 18.3. The fourth-order valence-corrected chi connectivity index (χ4v) is 3.25. The predicted octanol–water partition coefficient (Wildman–Crippen LogP) is 2.41. The molecule has 1 atom stereocenters. The van der Waals surface area contributed by atoms with Gasteiger partial charge >= 0.3 is 0 Å². The summed E-state index contributed by atoms with van der Waals surface area (Å²) in [6.45, 7) is 1.56. The van der Waals surface area contributed by atoms with Crippen LogP contribution >= 0.6 is 15.9 Å². The van der Waals surface area contributed by atoms with Gasteiger partial charge in [0.15, 0.2) is 0 Å². The summed E-state index contributed by atoms with van der Waals surface area (Å²) in [6, 6.07) is 4.42. The Hall–Kier alpha value is -1.83. The van der Waals surface area contributed by atoms with Crippen LogP contribution in [-0.4, -0.2) is 41.9 Å². The molecule has 6 nitrogen and oxygen atoms in total. The van der Waals surface area contributed by atoms with Gasteiger partial charge in [-0.2, -0.15) is 0 Å². The molecule has 1 amide bonds. The highest BCUT2D eigenvalue weighted by Crippen LogP contribution is 2.29. The van der Waals surface area contributed by atoms with E-state index in [1.807, 2.05) is 0 Å². The fourth-order valence-electron chi connectivity index (χ4n) is 2.91. The molecule has 0 aromatic heterocycles. The monoisotopic (exact) mass is 399 g/mol. The Balaban J connectivity index is 1.49. The van der Waals surface area contributed by atoms with Crippen LogP contribution in [-0.2, 0) is 9.63 Å². The van der Waals surface area contributed by atoms with Crippen molar-refractivity contribution in [2.24, 2.45) is 10.9 Å². The number of hydrogen-bond acceptors (Lipinski definition) is 5. The summed E-state index contributed by atoms with van der Waals surface area (Å²) in [5.41, 5.74) is 5.18. The molecule has 1 aromatic carbocycles. The molecule has 0 bridgehead atoms. The lowest BCUT2D eigenvalue weighted by Gasteiger charge is -2.33. The third kappa shape index (κ3) is 4.17. The SMILES string of the molecule is NC(=O)CC1CC(N2CCC(Oc3cc(F)ccc3Br)CC2)=NO1. The van der Waals surface area contributed by atoms with E-state index in [2.05, 4.69) is 26.0 Å². The van der Waals surface area contributed by atoms with E-state index < -0.39 is 0 Å². The van der Waals surface area contributed by atoms with E-state index in [0.29, 0.717) is 12.2 Å². The molecule has 2 aliphatic heterocycles. The van der Waals surface area contributed by atoms with Gasteiger partial charge in [0.1, 0.15) is 29.6 Å². The number of carbonyl (C=O) groups is 1. The summed E-state index contributed by atoms with van der Waals surface area (Å²) >= 11 is 3.37. The maximum Gasteiger partial charge on any atom is 0.221 e. The van der Waals surface area contributed by atoms with Crippen molar-refractivity contribution in [2.45, 2.75) is 37.9 Å². The summed E-state index contributed by atoms with van der Waals surface area (Å²) in [6.07, 6.45) is 2.17. The maximum absolute atomic E-state index is 13.3. The molecule has 0 spiro atoms. The number of nitrogens with two attached hydrogens (primary N) is 1. The zero-order valence-corrected chi connectivity index (χ0v) is 14.7. The number of likely N-dealkylation sites (tertiary alicyclic amines) is 1. The summed E-state index contributed by atoms with van der Waals surface area (Å²) in [5.74, 6) is 0.677. The Morgan fingerprint density at radius 1 is 1.46 bits per heavy atom. The first-order valence-electron chi connectivity index (χ1n) is 7.89. The van der Waals surface area contributed by atoms with E-state index in [1.165, 1.54) is 12.1 Å². The Labute approximate surface area is 147 Å². The van der Waals surface area contributed by atoms with Crippen LogP contribution in [0.5, 0.6) is 5.75 Å². The number of ether oxygens (including phenoxy) is 1. The highest BCUT2D eigenvalue weighted by atomic mass is 79.9. The number of piperidine rings is 1. The second-order valence-corrected chi connectivity index (χ2v) is 6.84. The largest absolute Gasteiger partial charge is 0.489 e. The molecule has 130 valence electrons. The van der Waals surface area contributed by atoms with E-state index in [0.717, 1.165) is 36.2 Å². The smallest absolute Gasteiger partial charge is 0.221 e. The first-order chi connectivity index (χ1) is 11.5. The van der Waals surface area contributed by atoms with Gasteiger partial charge in [0.25, 0.3) is 0 Å². The molecule has 3 rings (SSSR count). The van der Waals surface area contributed by atoms with Crippen LogP contribution in [0, 0.1) is 5.82 Å². The fraction of sp³-hybridized carbons (Fsp3) is 0.500. The lowest BCUT2D eigenvalue weighted by Crippen LogP contribution is -2.41. The first kappa shape index (κ1) is 17.0. The van der Waals surface area contributed by atoms with Crippen molar-refractivity contribution >= 4 is 27.7 Å². The summed E-state index contributed by atoms with van der Waals surface area (Å²) in [7, 11) is 0. The Morgan fingerprint density at radius 2 is 2.21 bits per heavy atom. The molecule has 8 heteroatoms. The maximum atomic E-state index is 13.3. The van der Waals surface area contributed by atoms with Crippen molar-refractivity contribution < 1.29 is 18.8 Å². The Bertz CT molecular complexity index is 647. The lowest BCUT2D eigenvalue weighted by molar-refractivity contribution is -0.120. The minimum atomic E-state index is -0.385. The second-order valence-electron chi connectivity index (χ2n) is 5.99. The highest BCUT2D eigenvalue weighted by molar-refractivity contribution is 9.10. The van der Waals surface area contributed by atoms with E-state index in [4.69, 9.17) is 15.3 Å². The van der Waals surface area contributed by atoms with Gasteiger partial charge in [-0.3, -0.25) is 4.79 Å². The van der Waals surface area contributed by atoms with Crippen LogP contribution in [0.15, 0.2) is 27.8 Å². The molecule has 0 radical (unpaired) electrons. The number of benzene rings is 1. The minimum absolute atomic E-state index is 0.0312. The topological polar surface area (TPSA) is 77.2 Å². The highest BCUT2D eigenvalue weighted by Gasteiger charge is 2.30. The molecular formula is C16H19BrFN3O3. The summed E-state index contributed by atoms with van der Waals surface area (Å²) in [5, 5.41) is 4.07. The van der Waals surface area contributed by atoms with Gasteiger partial charge < -0.3 is 20.2 Å². The van der Waals surface area contributed by atoms with Crippen molar-refractivity contribution in [3.8, 4) is 5.75 Å². The second kappa shape index (κ2) is 7.38. The van der Waals surface area contributed by atoms with E-state index >= 15 is 0 Å². The molecule has 2 heterocycles. The van der Waals surface area contributed by atoms with Crippen molar-refractivity contribution in [3.05, 3.63) is 28.5 Å². The van der Waals surface area contributed by atoms with Crippen LogP contribution in [0.25, 0.3) is 0 Å². The number of amidine groups is 1. The Morgan fingerprint density at radius 3 is 2.92 bits per heavy atom. The molecule has 2 aliphatic rings. The molecule has 1 aromatic rings. The zero-order chi connectivity index (χ0) is 17.1. The van der Waals surface area contributed by atoms with E-state index in [-0.39, 0.29) is 30.4 Å². The third-order valence-corrected chi connectivity index (χ3v) is 4.80. The van der Waals surface area contributed by atoms with Gasteiger partial charge in [-0.1, -0.05) is 5.16 Å². The van der Waals surface area contributed by atoms with E-state index in [9.17, 15) is 9.18 Å². The van der Waals surface area contributed by atoms with Crippen molar-refractivity contribution in [3.63, 3.8) is 0 Å². The standard InChI is InChI=1S/C16H19BrFN3O3/c17-13-2-1-10(18)7-14(13)23-11-3-5-21(6-4-11)16-9-12(24-20-16)8-15(19)22/h1-2,7,11-12H,3-6,8-9H2,(H2,19,22). The van der Waals surface area contributed by atoms with Gasteiger partial charge in [0, 0.05) is 38.4 Å². The van der Waals surface area contributed by atoms with Gasteiger partial charge in [-0.05, 0) is 28.1 Å². The molecular weight excluding hydrogens is 381 g/mol. The normalized spacial score (nSPS) is 21.3.